The highest BCUT2D eigenvalue weighted by Crippen LogP contribution is 2.49. The van der Waals surface area contributed by atoms with Gasteiger partial charge < -0.3 is 15.2 Å². The molecular weight excluding hydrogens is 393 g/mol. The number of aromatic carboxylic acids is 1. The highest BCUT2D eigenvalue weighted by Gasteiger charge is 2.34. The van der Waals surface area contributed by atoms with Crippen molar-refractivity contribution >= 4 is 28.9 Å². The fraction of sp³-hybridized carbons (Fsp3) is 0.182. The molecule has 1 atom stereocenters. The topological polar surface area (TPSA) is 75.6 Å². The molecule has 1 aromatic heterocycles. The van der Waals surface area contributed by atoms with Gasteiger partial charge in [0.05, 0.1) is 12.3 Å². The van der Waals surface area contributed by atoms with Crippen molar-refractivity contribution in [3.05, 3.63) is 69.7 Å². The van der Waals surface area contributed by atoms with Crippen LogP contribution in [0.5, 0.6) is 5.75 Å². The molecule has 148 valence electrons. The lowest BCUT2D eigenvalue weighted by Gasteiger charge is -2.24. The number of hydrogen-bond acceptors (Lipinski definition) is 4. The van der Waals surface area contributed by atoms with Gasteiger partial charge in [-0.05, 0) is 42.3 Å². The summed E-state index contributed by atoms with van der Waals surface area (Å²) in [6.07, 6.45) is 0.213. The first kappa shape index (κ1) is 19.1. The number of nitrogens with one attached hydrogen (secondary N) is 1. The van der Waals surface area contributed by atoms with Crippen molar-refractivity contribution in [2.45, 2.75) is 19.3 Å². The molecule has 0 spiro atoms. The first-order chi connectivity index (χ1) is 14.0. The summed E-state index contributed by atoms with van der Waals surface area (Å²) in [5, 5.41) is 12.6. The van der Waals surface area contributed by atoms with Gasteiger partial charge in [-0.1, -0.05) is 24.3 Å². The normalized spacial score (nSPS) is 15.5. The third-order valence-electron chi connectivity index (χ3n) is 4.80. The van der Waals surface area contributed by atoms with Gasteiger partial charge in [0.2, 0.25) is 5.91 Å². The molecule has 0 saturated heterocycles. The number of fused-ring (bicyclic) bond motifs is 1. The highest BCUT2D eigenvalue weighted by atomic mass is 32.1. The van der Waals surface area contributed by atoms with Gasteiger partial charge in [-0.15, -0.1) is 11.3 Å². The maximum Gasteiger partial charge on any atom is 0.346 e. The Morgan fingerprint density at radius 2 is 2.03 bits per heavy atom. The summed E-state index contributed by atoms with van der Waals surface area (Å²) in [6.45, 7) is 2.42. The lowest BCUT2D eigenvalue weighted by Crippen LogP contribution is -2.22. The number of anilines is 1. The zero-order chi connectivity index (χ0) is 20.5. The summed E-state index contributed by atoms with van der Waals surface area (Å²) < 4.78 is 19.0. The molecular formula is C22H18FNO4S. The molecule has 0 aliphatic carbocycles. The van der Waals surface area contributed by atoms with Crippen LogP contribution in [0.15, 0.2) is 48.5 Å². The van der Waals surface area contributed by atoms with Gasteiger partial charge in [0.25, 0.3) is 0 Å². The van der Waals surface area contributed by atoms with Crippen LogP contribution in [0.4, 0.5) is 10.1 Å². The van der Waals surface area contributed by atoms with E-state index < -0.39 is 11.8 Å². The third kappa shape index (κ3) is 3.61. The van der Waals surface area contributed by atoms with Crippen LogP contribution in [-0.4, -0.2) is 23.6 Å². The predicted molar refractivity (Wildman–Crippen MR) is 109 cm³/mol. The number of halogens is 1. The number of carboxylic acid groups (broad SMARTS) is 1. The molecule has 0 fully saturated rings. The number of hydrogen-bond donors (Lipinski definition) is 2. The Bertz CT molecular complexity index is 1090. The van der Waals surface area contributed by atoms with Gasteiger partial charge in [0, 0.05) is 22.8 Å². The average Bonchev–Trinajstić information content (AvgIpc) is 3.08. The lowest BCUT2D eigenvalue weighted by molar-refractivity contribution is -0.116. The van der Waals surface area contributed by atoms with E-state index >= 15 is 0 Å². The zero-order valence-electron chi connectivity index (χ0n) is 15.6. The molecule has 29 heavy (non-hydrogen) atoms. The van der Waals surface area contributed by atoms with Crippen molar-refractivity contribution in [3.8, 4) is 16.9 Å². The second-order valence-electron chi connectivity index (χ2n) is 6.67. The molecule has 0 bridgehead atoms. The summed E-state index contributed by atoms with van der Waals surface area (Å²) in [5.41, 5.74) is 2.33. The summed E-state index contributed by atoms with van der Waals surface area (Å²) in [4.78, 5) is 25.3. The summed E-state index contributed by atoms with van der Waals surface area (Å²) >= 11 is 1.14. The van der Waals surface area contributed by atoms with Gasteiger partial charge in [-0.25, -0.2) is 9.18 Å². The quantitative estimate of drug-likeness (QED) is 0.611. The minimum atomic E-state index is -1.08. The minimum Gasteiger partial charge on any atom is -0.494 e. The molecule has 3 aromatic rings. The van der Waals surface area contributed by atoms with E-state index in [1.807, 2.05) is 31.2 Å². The number of ether oxygens (including phenoxy) is 1. The van der Waals surface area contributed by atoms with Crippen LogP contribution in [0.1, 0.15) is 39.4 Å². The SMILES string of the molecule is CCOc1cccc(C2CC(=O)Nc3c2sc(C(=O)O)c3-c2ccc(F)cc2)c1. The van der Waals surface area contributed by atoms with E-state index in [0.29, 0.717) is 29.2 Å². The Kier molecular flexibility index (Phi) is 5.07. The monoisotopic (exact) mass is 411 g/mol. The van der Waals surface area contributed by atoms with Crippen LogP contribution < -0.4 is 10.1 Å². The van der Waals surface area contributed by atoms with E-state index in [0.717, 1.165) is 21.8 Å². The molecule has 1 unspecified atom stereocenters. The number of carbonyl (C=O) groups is 2. The fourth-order valence-electron chi connectivity index (χ4n) is 3.59. The third-order valence-corrected chi connectivity index (χ3v) is 6.10. The van der Waals surface area contributed by atoms with Crippen molar-refractivity contribution in [2.24, 2.45) is 0 Å². The largest absolute Gasteiger partial charge is 0.494 e. The molecule has 5 nitrogen and oxygen atoms in total. The van der Waals surface area contributed by atoms with E-state index in [1.165, 1.54) is 24.3 Å². The van der Waals surface area contributed by atoms with Crippen LogP contribution in [0, 0.1) is 5.82 Å². The fourth-order valence-corrected chi connectivity index (χ4v) is 4.83. The Hall–Kier alpha value is -3.19. The molecule has 2 aromatic carbocycles. The van der Waals surface area contributed by atoms with E-state index in [4.69, 9.17) is 4.74 Å². The maximum atomic E-state index is 13.4. The number of carboxylic acids is 1. The maximum absolute atomic E-state index is 13.4. The van der Waals surface area contributed by atoms with E-state index in [2.05, 4.69) is 5.32 Å². The van der Waals surface area contributed by atoms with Crippen molar-refractivity contribution in [2.75, 3.05) is 11.9 Å². The summed E-state index contributed by atoms with van der Waals surface area (Å²) in [7, 11) is 0. The first-order valence-electron chi connectivity index (χ1n) is 9.16. The Balaban J connectivity index is 1.88. The number of thiophene rings is 1. The van der Waals surface area contributed by atoms with Crippen molar-refractivity contribution in [3.63, 3.8) is 0 Å². The Morgan fingerprint density at radius 3 is 2.72 bits per heavy atom. The molecule has 1 aliphatic heterocycles. The molecule has 2 heterocycles. The second-order valence-corrected chi connectivity index (χ2v) is 7.72. The van der Waals surface area contributed by atoms with Crippen LogP contribution in [0.3, 0.4) is 0 Å². The van der Waals surface area contributed by atoms with Crippen LogP contribution in [0.2, 0.25) is 0 Å². The summed E-state index contributed by atoms with van der Waals surface area (Å²) in [6, 6.07) is 13.1. The second kappa shape index (κ2) is 7.67. The van der Waals surface area contributed by atoms with E-state index in [1.54, 1.807) is 0 Å². The van der Waals surface area contributed by atoms with Crippen LogP contribution >= 0.6 is 11.3 Å². The molecule has 2 N–H and O–H groups in total. The van der Waals surface area contributed by atoms with Gasteiger partial charge in [-0.3, -0.25) is 4.79 Å². The van der Waals surface area contributed by atoms with Crippen molar-refractivity contribution in [1.29, 1.82) is 0 Å². The van der Waals surface area contributed by atoms with Crippen molar-refractivity contribution < 1.29 is 23.8 Å². The minimum absolute atomic E-state index is 0.120. The predicted octanol–water partition coefficient (Wildman–Crippen LogP) is 5.13. The van der Waals surface area contributed by atoms with E-state index in [-0.39, 0.29) is 23.1 Å². The number of rotatable bonds is 5. The molecule has 4 rings (SSSR count). The number of benzene rings is 2. The standard InChI is InChI=1S/C22H18FNO4S/c1-2-28-15-5-3-4-13(10-15)16-11-17(25)24-19-18(12-6-8-14(23)9-7-12)21(22(26)27)29-20(16)19/h3-10,16H,2,11H2,1H3,(H,24,25)(H,26,27). The van der Waals surface area contributed by atoms with Gasteiger partial charge >= 0.3 is 5.97 Å². The zero-order valence-corrected chi connectivity index (χ0v) is 16.4. The first-order valence-corrected chi connectivity index (χ1v) is 9.98. The Labute approximate surface area is 170 Å². The lowest BCUT2D eigenvalue weighted by atomic mass is 9.88. The van der Waals surface area contributed by atoms with Crippen LogP contribution in [-0.2, 0) is 4.79 Å². The van der Waals surface area contributed by atoms with Crippen molar-refractivity contribution in [1.82, 2.24) is 0 Å². The molecule has 0 saturated carbocycles. The number of amides is 1. The molecule has 1 amide bonds. The van der Waals surface area contributed by atoms with Gasteiger partial charge in [0.15, 0.2) is 0 Å². The average molecular weight is 411 g/mol. The van der Waals surface area contributed by atoms with Gasteiger partial charge in [-0.2, -0.15) is 0 Å². The Morgan fingerprint density at radius 1 is 1.28 bits per heavy atom. The molecule has 1 aliphatic rings. The smallest absolute Gasteiger partial charge is 0.346 e. The molecule has 7 heteroatoms. The summed E-state index contributed by atoms with van der Waals surface area (Å²) in [5.74, 6) is -1.27. The molecule has 0 radical (unpaired) electrons. The number of carbonyl (C=O) groups excluding carboxylic acids is 1. The van der Waals surface area contributed by atoms with Crippen LogP contribution in [0.25, 0.3) is 11.1 Å². The highest BCUT2D eigenvalue weighted by molar-refractivity contribution is 7.15. The van der Waals surface area contributed by atoms with Gasteiger partial charge in [0.1, 0.15) is 16.4 Å². The van der Waals surface area contributed by atoms with E-state index in [9.17, 15) is 19.1 Å².